The van der Waals surface area contributed by atoms with Gasteiger partial charge in [0.05, 0.1) is 6.20 Å². The molecular weight excluding hydrogens is 290 g/mol. The van der Waals surface area contributed by atoms with Gasteiger partial charge in [-0.2, -0.15) is 10.1 Å². The van der Waals surface area contributed by atoms with E-state index in [1.165, 1.54) is 0 Å². The first-order valence-corrected chi connectivity index (χ1v) is 7.02. The second kappa shape index (κ2) is 7.75. The van der Waals surface area contributed by atoms with Gasteiger partial charge in [0.2, 0.25) is 5.95 Å². The Labute approximate surface area is 128 Å². The molecule has 112 valence electrons. The maximum atomic E-state index is 6.10. The summed E-state index contributed by atoms with van der Waals surface area (Å²) in [5.41, 5.74) is 1.89. The first-order chi connectivity index (χ1) is 10.2. The van der Waals surface area contributed by atoms with Gasteiger partial charge < -0.3 is 15.4 Å². The van der Waals surface area contributed by atoms with Crippen molar-refractivity contribution in [3.05, 3.63) is 35.0 Å². The molecule has 1 aromatic heterocycles. The van der Waals surface area contributed by atoms with E-state index in [0.717, 1.165) is 24.2 Å². The van der Waals surface area contributed by atoms with Crippen LogP contribution in [0.1, 0.15) is 12.0 Å². The third-order valence-corrected chi connectivity index (χ3v) is 3.22. The number of benzene rings is 1. The fourth-order valence-electron chi connectivity index (χ4n) is 1.67. The lowest BCUT2D eigenvalue weighted by molar-refractivity contribution is 0.197. The number of ether oxygens (including phenoxy) is 1. The van der Waals surface area contributed by atoms with Gasteiger partial charge in [-0.15, -0.1) is 5.10 Å². The summed E-state index contributed by atoms with van der Waals surface area (Å²) in [4.78, 5) is 4.34. The highest BCUT2D eigenvalue weighted by Gasteiger charge is 2.02. The minimum absolute atomic E-state index is 0.481. The molecule has 7 heteroatoms. The molecule has 2 N–H and O–H groups in total. The average Bonchev–Trinajstić information content (AvgIpc) is 2.48. The standard InChI is InChI=1S/C14H18ClN5O/c1-10-4-5-11(8-12(10)15)18-13-9-17-20-14(19-13)16-6-3-7-21-2/h4-5,8-9H,3,6-7H2,1-2H3,(H2,16,18,19,20). The van der Waals surface area contributed by atoms with Gasteiger partial charge in [0, 0.05) is 31.0 Å². The second-order valence-electron chi connectivity index (χ2n) is 4.53. The molecule has 0 saturated carbocycles. The number of aryl methyl sites for hydroxylation is 1. The molecular formula is C14H18ClN5O. The van der Waals surface area contributed by atoms with Crippen LogP contribution in [0.15, 0.2) is 24.4 Å². The Hall–Kier alpha value is -1.92. The number of nitrogens with one attached hydrogen (secondary N) is 2. The highest BCUT2D eigenvalue weighted by molar-refractivity contribution is 6.31. The number of rotatable bonds is 7. The number of hydrogen-bond acceptors (Lipinski definition) is 6. The highest BCUT2D eigenvalue weighted by Crippen LogP contribution is 2.22. The molecule has 0 amide bonds. The summed E-state index contributed by atoms with van der Waals surface area (Å²) in [6, 6.07) is 5.74. The van der Waals surface area contributed by atoms with Crippen molar-refractivity contribution in [1.29, 1.82) is 0 Å². The van der Waals surface area contributed by atoms with E-state index in [2.05, 4.69) is 25.8 Å². The van der Waals surface area contributed by atoms with Crippen LogP contribution in [0.5, 0.6) is 0 Å². The van der Waals surface area contributed by atoms with E-state index in [1.807, 2.05) is 25.1 Å². The molecule has 0 fully saturated rings. The van der Waals surface area contributed by atoms with Crippen molar-refractivity contribution < 1.29 is 4.74 Å². The van der Waals surface area contributed by atoms with Crippen LogP contribution in [0.4, 0.5) is 17.5 Å². The Kier molecular flexibility index (Phi) is 5.71. The lowest BCUT2D eigenvalue weighted by Crippen LogP contribution is -2.09. The van der Waals surface area contributed by atoms with E-state index in [4.69, 9.17) is 16.3 Å². The lowest BCUT2D eigenvalue weighted by Gasteiger charge is -2.08. The monoisotopic (exact) mass is 307 g/mol. The molecule has 0 bridgehead atoms. The molecule has 0 saturated heterocycles. The van der Waals surface area contributed by atoms with Gasteiger partial charge in [0.1, 0.15) is 0 Å². The zero-order valence-electron chi connectivity index (χ0n) is 12.1. The Balaban J connectivity index is 1.98. The van der Waals surface area contributed by atoms with Crippen LogP contribution >= 0.6 is 11.6 Å². The summed E-state index contributed by atoms with van der Waals surface area (Å²) in [5, 5.41) is 14.8. The van der Waals surface area contributed by atoms with Crippen molar-refractivity contribution in [2.45, 2.75) is 13.3 Å². The van der Waals surface area contributed by atoms with Crippen LogP contribution in [0.25, 0.3) is 0 Å². The van der Waals surface area contributed by atoms with E-state index < -0.39 is 0 Å². The normalized spacial score (nSPS) is 10.4. The number of methoxy groups -OCH3 is 1. The predicted octanol–water partition coefficient (Wildman–Crippen LogP) is 3.03. The van der Waals surface area contributed by atoms with E-state index in [-0.39, 0.29) is 0 Å². The molecule has 0 aliphatic rings. The fourth-order valence-corrected chi connectivity index (χ4v) is 1.85. The molecule has 0 spiro atoms. The Morgan fingerprint density at radius 3 is 2.95 bits per heavy atom. The maximum absolute atomic E-state index is 6.10. The maximum Gasteiger partial charge on any atom is 0.244 e. The zero-order valence-corrected chi connectivity index (χ0v) is 12.8. The summed E-state index contributed by atoms with van der Waals surface area (Å²) < 4.78 is 4.98. The number of hydrogen-bond donors (Lipinski definition) is 2. The quantitative estimate of drug-likeness (QED) is 0.766. The van der Waals surface area contributed by atoms with E-state index >= 15 is 0 Å². The Morgan fingerprint density at radius 2 is 2.19 bits per heavy atom. The first kappa shape index (κ1) is 15.5. The minimum atomic E-state index is 0.481. The van der Waals surface area contributed by atoms with Crippen LogP contribution in [0, 0.1) is 6.92 Å². The lowest BCUT2D eigenvalue weighted by atomic mass is 10.2. The molecule has 0 atom stereocenters. The third kappa shape index (κ3) is 4.84. The topological polar surface area (TPSA) is 72.0 Å². The average molecular weight is 308 g/mol. The van der Waals surface area contributed by atoms with Crippen molar-refractivity contribution in [3.8, 4) is 0 Å². The van der Waals surface area contributed by atoms with E-state index in [0.29, 0.717) is 23.4 Å². The van der Waals surface area contributed by atoms with Crippen molar-refractivity contribution in [3.63, 3.8) is 0 Å². The fraction of sp³-hybridized carbons (Fsp3) is 0.357. The molecule has 0 aliphatic carbocycles. The summed E-state index contributed by atoms with van der Waals surface area (Å²) >= 11 is 6.10. The van der Waals surface area contributed by atoms with Crippen LogP contribution < -0.4 is 10.6 Å². The summed E-state index contributed by atoms with van der Waals surface area (Å²) in [6.07, 6.45) is 2.44. The third-order valence-electron chi connectivity index (χ3n) is 2.81. The number of anilines is 3. The van der Waals surface area contributed by atoms with Crippen molar-refractivity contribution in [2.24, 2.45) is 0 Å². The van der Waals surface area contributed by atoms with Gasteiger partial charge in [-0.25, -0.2) is 0 Å². The van der Waals surface area contributed by atoms with Crippen LogP contribution in [0.2, 0.25) is 5.02 Å². The SMILES string of the molecule is COCCCNc1nncc(Nc2ccc(C)c(Cl)c2)n1. The number of halogens is 1. The second-order valence-corrected chi connectivity index (χ2v) is 4.93. The highest BCUT2D eigenvalue weighted by atomic mass is 35.5. The van der Waals surface area contributed by atoms with Gasteiger partial charge in [-0.1, -0.05) is 17.7 Å². The van der Waals surface area contributed by atoms with E-state index in [1.54, 1.807) is 13.3 Å². The number of aromatic nitrogens is 3. The predicted molar refractivity (Wildman–Crippen MR) is 84.3 cm³/mol. The number of nitrogens with zero attached hydrogens (tertiary/aromatic N) is 3. The molecule has 1 heterocycles. The Morgan fingerprint density at radius 1 is 1.33 bits per heavy atom. The molecule has 0 radical (unpaired) electrons. The molecule has 1 aromatic carbocycles. The molecule has 2 aromatic rings. The van der Waals surface area contributed by atoms with Crippen molar-refractivity contribution in [1.82, 2.24) is 15.2 Å². The van der Waals surface area contributed by atoms with Crippen molar-refractivity contribution in [2.75, 3.05) is 30.9 Å². The summed E-state index contributed by atoms with van der Waals surface area (Å²) in [7, 11) is 1.68. The minimum Gasteiger partial charge on any atom is -0.385 e. The molecule has 21 heavy (non-hydrogen) atoms. The molecule has 0 aliphatic heterocycles. The van der Waals surface area contributed by atoms with Gasteiger partial charge >= 0.3 is 0 Å². The van der Waals surface area contributed by atoms with Crippen LogP contribution in [-0.2, 0) is 4.74 Å². The smallest absolute Gasteiger partial charge is 0.244 e. The Bertz CT molecular complexity index is 593. The zero-order chi connectivity index (χ0) is 15.1. The van der Waals surface area contributed by atoms with Gasteiger partial charge in [-0.05, 0) is 31.0 Å². The van der Waals surface area contributed by atoms with Crippen molar-refractivity contribution >= 4 is 29.1 Å². The summed E-state index contributed by atoms with van der Waals surface area (Å²) in [6.45, 7) is 3.38. The van der Waals surface area contributed by atoms with Crippen LogP contribution in [-0.4, -0.2) is 35.4 Å². The van der Waals surface area contributed by atoms with Crippen LogP contribution in [0.3, 0.4) is 0 Å². The largest absolute Gasteiger partial charge is 0.385 e. The van der Waals surface area contributed by atoms with Gasteiger partial charge in [-0.3, -0.25) is 0 Å². The molecule has 0 unspecified atom stereocenters. The van der Waals surface area contributed by atoms with Gasteiger partial charge in [0.15, 0.2) is 5.82 Å². The summed E-state index contributed by atoms with van der Waals surface area (Å²) in [5.74, 6) is 1.09. The van der Waals surface area contributed by atoms with E-state index in [9.17, 15) is 0 Å². The first-order valence-electron chi connectivity index (χ1n) is 6.65. The molecule has 2 rings (SSSR count). The van der Waals surface area contributed by atoms with Gasteiger partial charge in [0.25, 0.3) is 0 Å². The molecule has 6 nitrogen and oxygen atoms in total.